The minimum absolute atomic E-state index is 0.0773. The number of amides is 1. The van der Waals surface area contributed by atoms with E-state index in [1.165, 1.54) is 12.0 Å². The minimum Gasteiger partial charge on any atom is -0.370 e. The first-order chi connectivity index (χ1) is 13.5. The van der Waals surface area contributed by atoms with E-state index in [0.29, 0.717) is 28.5 Å². The Morgan fingerprint density at radius 2 is 1.93 bits per heavy atom. The zero-order valence-corrected chi connectivity index (χ0v) is 17.2. The molecule has 0 aromatic heterocycles. The molecule has 2 atom stereocenters. The van der Waals surface area contributed by atoms with Crippen LogP contribution in [-0.2, 0) is 0 Å². The molecule has 0 spiro atoms. The van der Waals surface area contributed by atoms with Crippen LogP contribution >= 0.6 is 11.6 Å². The fourth-order valence-corrected chi connectivity index (χ4v) is 4.25. The lowest BCUT2D eigenvalue weighted by molar-refractivity contribution is 0.0943. The molecular formula is C23H28ClN3O. The van der Waals surface area contributed by atoms with Gasteiger partial charge >= 0.3 is 0 Å². The van der Waals surface area contributed by atoms with Crippen LogP contribution in [0.5, 0.6) is 0 Å². The lowest BCUT2D eigenvalue weighted by Gasteiger charge is -2.41. The monoisotopic (exact) mass is 397 g/mol. The molecule has 148 valence electrons. The van der Waals surface area contributed by atoms with E-state index >= 15 is 0 Å². The number of rotatable bonds is 7. The lowest BCUT2D eigenvalue weighted by atomic mass is 9.98. The molecule has 1 aliphatic heterocycles. The van der Waals surface area contributed by atoms with E-state index < -0.39 is 0 Å². The summed E-state index contributed by atoms with van der Waals surface area (Å²) in [6, 6.07) is 17.1. The highest BCUT2D eigenvalue weighted by atomic mass is 35.5. The molecule has 2 aromatic rings. The van der Waals surface area contributed by atoms with Gasteiger partial charge in [0, 0.05) is 49.1 Å². The molecule has 2 aliphatic rings. The third kappa shape index (κ3) is 4.34. The predicted molar refractivity (Wildman–Crippen MR) is 115 cm³/mol. The first-order valence-corrected chi connectivity index (χ1v) is 10.5. The summed E-state index contributed by atoms with van der Waals surface area (Å²) in [5.41, 5.74) is 3.08. The van der Waals surface area contributed by atoms with Crippen molar-refractivity contribution in [3.63, 3.8) is 0 Å². The summed E-state index contributed by atoms with van der Waals surface area (Å²) in [5.74, 6) is 1.25. The molecule has 4 rings (SSSR count). The average molecular weight is 398 g/mol. The summed E-state index contributed by atoms with van der Waals surface area (Å²) in [5, 5.41) is 7.27. The summed E-state index contributed by atoms with van der Waals surface area (Å²) in [6.07, 6.45) is 1.24. The van der Waals surface area contributed by atoms with Crippen molar-refractivity contribution in [1.82, 2.24) is 10.6 Å². The quantitative estimate of drug-likeness (QED) is 0.740. The highest BCUT2D eigenvalue weighted by Gasteiger charge is 2.39. The van der Waals surface area contributed by atoms with Crippen LogP contribution in [0.15, 0.2) is 48.5 Å². The summed E-state index contributed by atoms with van der Waals surface area (Å²) in [7, 11) is 0. The Hall–Kier alpha value is -2.04. The van der Waals surface area contributed by atoms with Gasteiger partial charge in [-0.3, -0.25) is 4.79 Å². The van der Waals surface area contributed by atoms with E-state index in [2.05, 4.69) is 45.9 Å². The molecule has 1 saturated heterocycles. The molecule has 0 radical (unpaired) electrons. The van der Waals surface area contributed by atoms with Gasteiger partial charge in [-0.2, -0.15) is 0 Å². The van der Waals surface area contributed by atoms with Crippen LogP contribution in [0.2, 0.25) is 5.02 Å². The first kappa shape index (κ1) is 19.3. The largest absolute Gasteiger partial charge is 0.370 e. The minimum atomic E-state index is -0.0773. The Kier molecular flexibility index (Phi) is 5.61. The third-order valence-electron chi connectivity index (χ3n) is 5.61. The summed E-state index contributed by atoms with van der Waals surface area (Å²) < 4.78 is 0. The van der Waals surface area contributed by atoms with Gasteiger partial charge in [0.05, 0.1) is 10.7 Å². The number of anilines is 1. The second-order valence-corrected chi connectivity index (χ2v) is 8.74. The van der Waals surface area contributed by atoms with Crippen LogP contribution in [0.1, 0.15) is 42.1 Å². The highest BCUT2D eigenvalue weighted by molar-refractivity contribution is 6.33. The second-order valence-electron chi connectivity index (χ2n) is 8.33. The number of carbonyl (C=O) groups is 1. The predicted octanol–water partition coefficient (Wildman–Crippen LogP) is 4.06. The van der Waals surface area contributed by atoms with Gasteiger partial charge in [0.25, 0.3) is 5.91 Å². The average Bonchev–Trinajstić information content (AvgIpc) is 3.41. The molecule has 0 bridgehead atoms. The van der Waals surface area contributed by atoms with Gasteiger partial charge in [-0.15, -0.1) is 0 Å². The number of nitrogens with zero attached hydrogens (tertiary/aromatic N) is 1. The van der Waals surface area contributed by atoms with Crippen LogP contribution in [0, 0.1) is 5.92 Å². The number of halogens is 1. The Bertz CT molecular complexity index is 833. The molecule has 2 unspecified atom stereocenters. The Morgan fingerprint density at radius 1 is 1.18 bits per heavy atom. The highest BCUT2D eigenvalue weighted by Crippen LogP contribution is 2.41. The Labute approximate surface area is 172 Å². The van der Waals surface area contributed by atoms with Gasteiger partial charge in [-0.25, -0.2) is 0 Å². The molecule has 1 aliphatic carbocycles. The zero-order chi connectivity index (χ0) is 19.7. The van der Waals surface area contributed by atoms with Crippen LogP contribution in [0.25, 0.3) is 0 Å². The molecule has 28 heavy (non-hydrogen) atoms. The molecule has 1 heterocycles. The van der Waals surface area contributed by atoms with Crippen molar-refractivity contribution in [3.8, 4) is 0 Å². The summed E-state index contributed by atoms with van der Waals surface area (Å²) in [4.78, 5) is 14.4. The lowest BCUT2D eigenvalue weighted by Crippen LogP contribution is -2.51. The van der Waals surface area contributed by atoms with Crippen LogP contribution in [-0.4, -0.2) is 37.6 Å². The Balaban J connectivity index is 1.24. The molecule has 1 saturated carbocycles. The van der Waals surface area contributed by atoms with E-state index in [1.54, 1.807) is 6.07 Å². The van der Waals surface area contributed by atoms with Crippen molar-refractivity contribution in [3.05, 3.63) is 64.7 Å². The molecule has 4 nitrogen and oxygen atoms in total. The van der Waals surface area contributed by atoms with Gasteiger partial charge in [-0.05, 0) is 44.0 Å². The van der Waals surface area contributed by atoms with E-state index in [-0.39, 0.29) is 11.9 Å². The maximum absolute atomic E-state index is 12.1. The van der Waals surface area contributed by atoms with E-state index in [9.17, 15) is 4.79 Å². The van der Waals surface area contributed by atoms with Crippen molar-refractivity contribution in [1.29, 1.82) is 0 Å². The van der Waals surface area contributed by atoms with Gasteiger partial charge in [0.2, 0.25) is 0 Å². The molecule has 2 N–H and O–H groups in total. The van der Waals surface area contributed by atoms with Crippen LogP contribution in [0.4, 0.5) is 5.69 Å². The van der Waals surface area contributed by atoms with Crippen molar-refractivity contribution in [2.75, 3.05) is 24.5 Å². The smallest absolute Gasteiger partial charge is 0.251 e. The maximum atomic E-state index is 12.1. The molecular weight excluding hydrogens is 370 g/mol. The normalized spacial score (nSPS) is 21.5. The van der Waals surface area contributed by atoms with Crippen LogP contribution in [0.3, 0.4) is 0 Å². The van der Waals surface area contributed by atoms with Crippen molar-refractivity contribution in [2.24, 2.45) is 5.92 Å². The molecule has 5 heteroatoms. The Morgan fingerprint density at radius 3 is 2.61 bits per heavy atom. The summed E-state index contributed by atoms with van der Waals surface area (Å²) >= 11 is 6.45. The van der Waals surface area contributed by atoms with Crippen molar-refractivity contribution >= 4 is 23.2 Å². The van der Waals surface area contributed by atoms with Gasteiger partial charge < -0.3 is 15.5 Å². The third-order valence-corrected chi connectivity index (χ3v) is 5.92. The van der Waals surface area contributed by atoms with Gasteiger partial charge in [0.15, 0.2) is 0 Å². The molecule has 1 amide bonds. The second kappa shape index (κ2) is 8.14. The number of carbonyl (C=O) groups excluding carboxylic acids is 1. The van der Waals surface area contributed by atoms with E-state index in [4.69, 9.17) is 11.6 Å². The van der Waals surface area contributed by atoms with Gasteiger partial charge in [0.1, 0.15) is 0 Å². The first-order valence-electron chi connectivity index (χ1n) is 10.1. The number of hydrogen-bond donors (Lipinski definition) is 2. The number of nitrogens with one attached hydrogen (secondary N) is 2. The number of benzene rings is 2. The topological polar surface area (TPSA) is 44.4 Å². The van der Waals surface area contributed by atoms with Crippen molar-refractivity contribution in [2.45, 2.75) is 38.3 Å². The van der Waals surface area contributed by atoms with Gasteiger partial charge in [-0.1, -0.05) is 41.9 Å². The standard InChI is InChI=1S/C23H28ClN3O/c1-15(2)26-23(28)18-8-9-22(20(24)10-18)27-13-16(14-27)12-25-21-11-19(21)17-6-4-3-5-7-17/h3-10,15-16,19,21,25H,11-14H2,1-2H3,(H,26,28). The van der Waals surface area contributed by atoms with Crippen LogP contribution < -0.4 is 15.5 Å². The fraction of sp³-hybridized carbons (Fsp3) is 0.435. The van der Waals surface area contributed by atoms with E-state index in [0.717, 1.165) is 25.3 Å². The van der Waals surface area contributed by atoms with Crippen molar-refractivity contribution < 1.29 is 4.79 Å². The summed E-state index contributed by atoms with van der Waals surface area (Å²) in [6.45, 7) is 6.97. The zero-order valence-electron chi connectivity index (χ0n) is 16.5. The van der Waals surface area contributed by atoms with E-state index in [1.807, 2.05) is 26.0 Å². The number of hydrogen-bond acceptors (Lipinski definition) is 3. The molecule has 2 fully saturated rings. The maximum Gasteiger partial charge on any atom is 0.251 e. The fourth-order valence-electron chi connectivity index (χ4n) is 3.95. The SMILES string of the molecule is CC(C)NC(=O)c1ccc(N2CC(CNC3CC3c3ccccc3)C2)c(Cl)c1. The molecule has 2 aromatic carbocycles.